The molecular weight excluding hydrogens is 541 g/mol. The van der Waals surface area contributed by atoms with Gasteiger partial charge in [0.05, 0.1) is 17.9 Å². The summed E-state index contributed by atoms with van der Waals surface area (Å²) in [6.45, 7) is -0.00982. The van der Waals surface area contributed by atoms with Crippen LogP contribution in [0.2, 0.25) is 5.02 Å². The highest BCUT2D eigenvalue weighted by Gasteiger charge is 2.30. The van der Waals surface area contributed by atoms with Gasteiger partial charge in [-0.15, -0.1) is 5.10 Å². The molecular formula is C26H21ClFN9O3. The number of aromatic nitrogens is 8. The van der Waals surface area contributed by atoms with Crippen molar-refractivity contribution < 1.29 is 14.3 Å². The number of aromatic amines is 1. The number of halogens is 2. The number of H-pyrrole nitrogens is 1. The first-order valence-electron chi connectivity index (χ1n) is 12.2. The van der Waals surface area contributed by atoms with Crippen LogP contribution in [0.5, 0.6) is 0 Å². The van der Waals surface area contributed by atoms with E-state index in [0.717, 1.165) is 17.7 Å². The van der Waals surface area contributed by atoms with Gasteiger partial charge in [0.2, 0.25) is 5.95 Å². The number of hydrogen-bond acceptors (Lipinski definition) is 7. The fourth-order valence-electron chi connectivity index (χ4n) is 4.43. The number of tetrazole rings is 1. The molecule has 0 aliphatic heterocycles. The largest absolute Gasteiger partial charge is 0.465 e. The van der Waals surface area contributed by atoms with Crippen molar-refractivity contribution in [3.8, 4) is 28.2 Å². The second-order valence-electron chi connectivity index (χ2n) is 9.35. The number of benzene rings is 2. The molecule has 1 fully saturated rings. The zero-order valence-corrected chi connectivity index (χ0v) is 21.7. The van der Waals surface area contributed by atoms with Gasteiger partial charge in [-0.3, -0.25) is 14.3 Å². The molecule has 1 aliphatic rings. The van der Waals surface area contributed by atoms with Crippen LogP contribution >= 0.6 is 11.6 Å². The Labute approximate surface area is 230 Å². The number of nitrogens with zero attached hydrogens (tertiary/aromatic N) is 8. The van der Waals surface area contributed by atoms with Gasteiger partial charge in [-0.1, -0.05) is 23.7 Å². The Bertz CT molecular complexity index is 1780. The molecule has 14 heteroatoms. The number of rotatable bonds is 7. The van der Waals surface area contributed by atoms with Crippen molar-refractivity contribution in [1.29, 1.82) is 0 Å². The van der Waals surface area contributed by atoms with Crippen molar-refractivity contribution in [3.05, 3.63) is 87.8 Å². The first kappa shape index (κ1) is 25.4. The summed E-state index contributed by atoms with van der Waals surface area (Å²) in [7, 11) is 1.41. The van der Waals surface area contributed by atoms with Gasteiger partial charge in [0.25, 0.3) is 5.56 Å². The zero-order chi connectivity index (χ0) is 28.0. The molecule has 40 heavy (non-hydrogen) atoms. The number of anilines is 1. The van der Waals surface area contributed by atoms with E-state index in [4.69, 9.17) is 21.7 Å². The molecule has 0 atom stereocenters. The number of nitrogens with one attached hydrogen (secondary N) is 1. The van der Waals surface area contributed by atoms with Gasteiger partial charge in [-0.2, -0.15) is 9.07 Å². The lowest BCUT2D eigenvalue weighted by atomic mass is 10.1. The van der Waals surface area contributed by atoms with Gasteiger partial charge in [0.1, 0.15) is 23.7 Å². The molecule has 0 spiro atoms. The molecule has 1 saturated carbocycles. The topological polar surface area (TPSA) is 148 Å². The van der Waals surface area contributed by atoms with Crippen LogP contribution in [0.4, 0.5) is 14.9 Å². The molecule has 0 unspecified atom stereocenters. The Morgan fingerprint density at radius 1 is 1.18 bits per heavy atom. The quantitative estimate of drug-likeness (QED) is 0.302. The maximum atomic E-state index is 14.9. The number of imidazole rings is 1. The van der Waals surface area contributed by atoms with Crippen LogP contribution in [0.1, 0.15) is 30.4 Å². The summed E-state index contributed by atoms with van der Waals surface area (Å²) in [6, 6.07) is 12.9. The highest BCUT2D eigenvalue weighted by Crippen LogP contribution is 2.40. The third kappa shape index (κ3) is 4.82. The lowest BCUT2D eigenvalue weighted by Crippen LogP contribution is -2.26. The average molecular weight is 562 g/mol. The minimum Gasteiger partial charge on any atom is -0.465 e. The van der Waals surface area contributed by atoms with Crippen molar-refractivity contribution >= 4 is 23.4 Å². The smallest absolute Gasteiger partial charge is 0.411 e. The van der Waals surface area contributed by atoms with Crippen molar-refractivity contribution in [1.82, 2.24) is 39.7 Å². The van der Waals surface area contributed by atoms with Crippen LogP contribution in [0.3, 0.4) is 0 Å². The fraction of sp³-hybridized carbons (Fsp3) is 0.192. The van der Waals surface area contributed by atoms with Crippen LogP contribution in [0.15, 0.2) is 59.7 Å². The van der Waals surface area contributed by atoms with Gasteiger partial charge >= 0.3 is 6.09 Å². The van der Waals surface area contributed by atoms with Gasteiger partial charge in [0, 0.05) is 40.9 Å². The normalized spacial score (nSPS) is 13.0. The zero-order valence-electron chi connectivity index (χ0n) is 21.0. The maximum absolute atomic E-state index is 14.9. The van der Waals surface area contributed by atoms with E-state index in [9.17, 15) is 14.0 Å². The average Bonchev–Trinajstić information content (AvgIpc) is 3.51. The third-order valence-corrected chi connectivity index (χ3v) is 6.88. The van der Waals surface area contributed by atoms with Gasteiger partial charge in [0.15, 0.2) is 0 Å². The predicted octanol–water partition coefficient (Wildman–Crippen LogP) is 4.11. The summed E-state index contributed by atoms with van der Waals surface area (Å²) in [5, 5.41) is 20.9. The Balaban J connectivity index is 1.35. The first-order chi connectivity index (χ1) is 19.3. The fourth-order valence-corrected chi connectivity index (χ4v) is 4.60. The highest BCUT2D eigenvalue weighted by atomic mass is 35.5. The minimum atomic E-state index is -1.11. The maximum Gasteiger partial charge on any atom is 0.411 e. The van der Waals surface area contributed by atoms with E-state index in [2.05, 4.69) is 25.5 Å². The third-order valence-electron chi connectivity index (χ3n) is 6.64. The van der Waals surface area contributed by atoms with Crippen molar-refractivity contribution in [2.24, 2.45) is 0 Å². The summed E-state index contributed by atoms with van der Waals surface area (Å²) in [5.41, 5.74) is 2.26. The number of carbonyl (C=O) groups is 1. The van der Waals surface area contributed by atoms with Crippen molar-refractivity contribution in [2.75, 3.05) is 11.9 Å². The molecule has 1 amide bonds. The number of hydrogen-bond donors (Lipinski definition) is 2. The highest BCUT2D eigenvalue weighted by molar-refractivity contribution is 6.31. The van der Waals surface area contributed by atoms with Crippen molar-refractivity contribution in [3.63, 3.8) is 0 Å². The molecule has 0 radical (unpaired) electrons. The van der Waals surface area contributed by atoms with E-state index in [-0.39, 0.29) is 29.5 Å². The number of amides is 1. The van der Waals surface area contributed by atoms with E-state index >= 15 is 0 Å². The van der Waals surface area contributed by atoms with E-state index in [0.29, 0.717) is 39.0 Å². The van der Waals surface area contributed by atoms with Crippen LogP contribution < -0.4 is 10.5 Å². The van der Waals surface area contributed by atoms with Crippen LogP contribution in [0, 0.1) is 5.95 Å². The molecule has 3 aromatic heterocycles. The predicted molar refractivity (Wildman–Crippen MR) is 143 cm³/mol. The molecule has 12 nitrogen and oxygen atoms in total. The monoisotopic (exact) mass is 561 g/mol. The Kier molecular flexibility index (Phi) is 6.34. The summed E-state index contributed by atoms with van der Waals surface area (Å²) < 4.78 is 17.9. The van der Waals surface area contributed by atoms with E-state index < -0.39 is 12.0 Å². The van der Waals surface area contributed by atoms with E-state index in [1.165, 1.54) is 28.7 Å². The number of carboxylic acid groups (broad SMARTS) is 1. The molecule has 0 bridgehead atoms. The molecule has 1 aliphatic carbocycles. The molecule has 2 N–H and O–H groups in total. The molecule has 2 aromatic carbocycles. The van der Waals surface area contributed by atoms with Crippen molar-refractivity contribution in [2.45, 2.75) is 25.3 Å². The molecule has 202 valence electrons. The summed E-state index contributed by atoms with van der Waals surface area (Å²) >= 11 is 6.28. The van der Waals surface area contributed by atoms with Gasteiger partial charge in [-0.25, -0.2) is 14.8 Å². The standard InChI is InChI=1S/C26H21ClFN9O3/c1-35(26(39)40)17-7-4-14(5-8-17)23-24(28)32-21(31-23)12-36-22(38)11-19(30-25(36)15-2-3-15)18-10-16(27)6-9-20(18)37-13-29-33-34-37/h4-11,13,15H,2-3,12H2,1H3,(H,31,32)(H,39,40). The van der Waals surface area contributed by atoms with E-state index in [1.54, 1.807) is 42.5 Å². The SMILES string of the molecule is CN(C(=O)O)c1ccc(-c2nc(Cn3c(C4CC4)nc(-c4cc(Cl)ccc4-n4cnnn4)cc3=O)[nH]c2F)cc1. The minimum absolute atomic E-state index is 0.00982. The summed E-state index contributed by atoms with van der Waals surface area (Å²) in [5.74, 6) is 0.241. The molecule has 0 saturated heterocycles. The van der Waals surface area contributed by atoms with Crippen LogP contribution in [-0.2, 0) is 6.54 Å². The first-order valence-corrected chi connectivity index (χ1v) is 12.6. The van der Waals surface area contributed by atoms with Crippen LogP contribution in [-0.4, -0.2) is 58.0 Å². The van der Waals surface area contributed by atoms with Gasteiger partial charge < -0.3 is 10.1 Å². The van der Waals surface area contributed by atoms with Gasteiger partial charge in [-0.05, 0) is 53.6 Å². The second kappa shape index (κ2) is 10.0. The lowest BCUT2D eigenvalue weighted by molar-refractivity contribution is 0.203. The molecule has 5 aromatic rings. The Morgan fingerprint density at radius 3 is 2.62 bits per heavy atom. The Morgan fingerprint density at radius 2 is 1.95 bits per heavy atom. The summed E-state index contributed by atoms with van der Waals surface area (Å²) in [4.78, 5) is 37.5. The second-order valence-corrected chi connectivity index (χ2v) is 9.79. The van der Waals surface area contributed by atoms with E-state index in [1.807, 2.05) is 0 Å². The lowest BCUT2D eigenvalue weighted by Gasteiger charge is -2.14. The van der Waals surface area contributed by atoms with Crippen LogP contribution in [0.25, 0.3) is 28.2 Å². The summed E-state index contributed by atoms with van der Waals surface area (Å²) in [6.07, 6.45) is 2.08. The Hall–Kier alpha value is -4.91. The molecule has 6 rings (SSSR count). The molecule has 3 heterocycles.